The van der Waals surface area contributed by atoms with E-state index in [4.69, 9.17) is 0 Å². The molecule has 2 heterocycles. The SMILES string of the molecule is O=C(CSC1CCS(=O)(=O)C1)N1CCC(c2ccccc2)C1. The highest BCUT2D eigenvalue weighted by Gasteiger charge is 2.31. The summed E-state index contributed by atoms with van der Waals surface area (Å²) in [7, 11) is -2.85. The molecule has 0 N–H and O–H groups in total. The van der Waals surface area contributed by atoms with Crippen LogP contribution in [0.4, 0.5) is 0 Å². The first-order valence-electron chi connectivity index (χ1n) is 7.68. The third-order valence-electron chi connectivity index (χ3n) is 4.45. The number of thioether (sulfide) groups is 1. The molecule has 0 bridgehead atoms. The molecule has 2 aliphatic rings. The van der Waals surface area contributed by atoms with Gasteiger partial charge in [-0.3, -0.25) is 4.79 Å². The van der Waals surface area contributed by atoms with Gasteiger partial charge in [0.05, 0.1) is 17.3 Å². The van der Waals surface area contributed by atoms with Crippen LogP contribution in [0.5, 0.6) is 0 Å². The first-order valence-corrected chi connectivity index (χ1v) is 10.6. The Bertz CT molecular complexity index is 630. The molecule has 6 heteroatoms. The van der Waals surface area contributed by atoms with E-state index in [1.165, 1.54) is 17.3 Å². The number of sulfone groups is 1. The summed E-state index contributed by atoms with van der Waals surface area (Å²) in [4.78, 5) is 14.2. The second-order valence-corrected chi connectivity index (χ2v) is 9.59. The smallest absolute Gasteiger partial charge is 0.232 e. The fraction of sp³-hybridized carbons (Fsp3) is 0.562. The van der Waals surface area contributed by atoms with Crippen molar-refractivity contribution >= 4 is 27.5 Å². The summed E-state index contributed by atoms with van der Waals surface area (Å²) in [6.45, 7) is 1.59. The number of carbonyl (C=O) groups is 1. The lowest BCUT2D eigenvalue weighted by atomic mass is 9.99. The molecular weight excluding hydrogens is 318 g/mol. The van der Waals surface area contributed by atoms with Crippen LogP contribution < -0.4 is 0 Å². The minimum atomic E-state index is -2.85. The Hall–Kier alpha value is -1.01. The fourth-order valence-corrected chi connectivity index (χ4v) is 6.70. The average molecular weight is 339 g/mol. The maximum absolute atomic E-state index is 12.3. The molecular formula is C16H21NO3S2. The number of benzene rings is 1. The summed E-state index contributed by atoms with van der Waals surface area (Å²) in [6.07, 6.45) is 1.70. The van der Waals surface area contributed by atoms with E-state index in [0.29, 0.717) is 18.1 Å². The molecule has 2 unspecified atom stereocenters. The minimum Gasteiger partial charge on any atom is -0.341 e. The Balaban J connectivity index is 1.48. The van der Waals surface area contributed by atoms with Gasteiger partial charge in [0.25, 0.3) is 0 Å². The van der Waals surface area contributed by atoms with E-state index < -0.39 is 9.84 Å². The Morgan fingerprint density at radius 3 is 2.68 bits per heavy atom. The van der Waals surface area contributed by atoms with Gasteiger partial charge in [0.1, 0.15) is 0 Å². The lowest BCUT2D eigenvalue weighted by molar-refractivity contribution is -0.127. The zero-order chi connectivity index (χ0) is 15.6. The number of nitrogens with zero attached hydrogens (tertiary/aromatic N) is 1. The maximum Gasteiger partial charge on any atom is 0.232 e. The molecule has 0 spiro atoms. The molecule has 1 aromatic carbocycles. The predicted molar refractivity (Wildman–Crippen MR) is 89.9 cm³/mol. The second kappa shape index (κ2) is 6.62. The monoisotopic (exact) mass is 339 g/mol. The molecule has 4 nitrogen and oxygen atoms in total. The van der Waals surface area contributed by atoms with Gasteiger partial charge in [-0.1, -0.05) is 30.3 Å². The van der Waals surface area contributed by atoms with Crippen LogP contribution >= 0.6 is 11.8 Å². The van der Waals surface area contributed by atoms with Crippen molar-refractivity contribution in [2.45, 2.75) is 24.0 Å². The van der Waals surface area contributed by atoms with Crippen molar-refractivity contribution in [3.63, 3.8) is 0 Å². The number of hydrogen-bond donors (Lipinski definition) is 0. The zero-order valence-electron chi connectivity index (χ0n) is 12.5. The van der Waals surface area contributed by atoms with E-state index >= 15 is 0 Å². The molecule has 3 rings (SSSR count). The summed E-state index contributed by atoms with van der Waals surface area (Å²) in [6, 6.07) is 10.3. The molecule has 0 saturated carbocycles. The van der Waals surface area contributed by atoms with Crippen molar-refractivity contribution in [2.24, 2.45) is 0 Å². The first kappa shape index (κ1) is 15.9. The molecule has 2 fully saturated rings. The van der Waals surface area contributed by atoms with Gasteiger partial charge in [-0.25, -0.2) is 8.42 Å². The zero-order valence-corrected chi connectivity index (χ0v) is 14.1. The number of likely N-dealkylation sites (tertiary alicyclic amines) is 1. The standard InChI is InChI=1S/C16H21NO3S2/c18-16(11-21-15-7-9-22(19,20)12-15)17-8-6-14(10-17)13-4-2-1-3-5-13/h1-5,14-15H,6-12H2. The van der Waals surface area contributed by atoms with Crippen LogP contribution in [0.3, 0.4) is 0 Å². The molecule has 2 saturated heterocycles. The molecule has 120 valence electrons. The van der Waals surface area contributed by atoms with Crippen molar-refractivity contribution < 1.29 is 13.2 Å². The van der Waals surface area contributed by atoms with Crippen LogP contribution in [0.15, 0.2) is 30.3 Å². The van der Waals surface area contributed by atoms with E-state index in [1.807, 2.05) is 23.1 Å². The van der Waals surface area contributed by atoms with Crippen LogP contribution in [-0.2, 0) is 14.6 Å². The Labute approximate surface area is 136 Å². The normalized spacial score (nSPS) is 27.2. The molecule has 2 atom stereocenters. The molecule has 1 amide bonds. The van der Waals surface area contributed by atoms with Crippen LogP contribution in [0.25, 0.3) is 0 Å². The van der Waals surface area contributed by atoms with Crippen molar-refractivity contribution in [1.29, 1.82) is 0 Å². The number of hydrogen-bond acceptors (Lipinski definition) is 4. The van der Waals surface area contributed by atoms with Crippen molar-refractivity contribution in [3.8, 4) is 0 Å². The summed E-state index contributed by atoms with van der Waals surface area (Å²) in [5.74, 6) is 1.49. The Morgan fingerprint density at radius 2 is 2.00 bits per heavy atom. The average Bonchev–Trinajstić information content (AvgIpc) is 3.12. The molecule has 1 aromatic rings. The largest absolute Gasteiger partial charge is 0.341 e. The third kappa shape index (κ3) is 3.84. The quantitative estimate of drug-likeness (QED) is 0.841. The molecule has 0 aliphatic carbocycles. The third-order valence-corrected chi connectivity index (χ3v) is 7.71. The van der Waals surface area contributed by atoms with Crippen molar-refractivity contribution in [3.05, 3.63) is 35.9 Å². The van der Waals surface area contributed by atoms with Gasteiger partial charge < -0.3 is 4.90 Å². The molecule has 22 heavy (non-hydrogen) atoms. The summed E-state index contributed by atoms with van der Waals surface area (Å²) >= 11 is 1.51. The van der Waals surface area contributed by atoms with Crippen LogP contribution in [-0.4, -0.2) is 54.8 Å². The lowest BCUT2D eigenvalue weighted by Crippen LogP contribution is -2.30. The van der Waals surface area contributed by atoms with Gasteiger partial charge in [0.2, 0.25) is 5.91 Å². The number of carbonyl (C=O) groups excluding carboxylic acids is 1. The molecule has 0 aromatic heterocycles. The lowest BCUT2D eigenvalue weighted by Gasteiger charge is -2.17. The van der Waals surface area contributed by atoms with Gasteiger partial charge in [0, 0.05) is 24.3 Å². The first-order chi connectivity index (χ1) is 10.5. The highest BCUT2D eigenvalue weighted by molar-refractivity contribution is 8.02. The van der Waals surface area contributed by atoms with E-state index in [9.17, 15) is 13.2 Å². The number of rotatable bonds is 4. The summed E-state index contributed by atoms with van der Waals surface area (Å²) in [5, 5.41) is 0.0986. The van der Waals surface area contributed by atoms with Crippen LogP contribution in [0.1, 0.15) is 24.3 Å². The fourth-order valence-electron chi connectivity index (χ4n) is 3.16. The highest BCUT2D eigenvalue weighted by atomic mass is 32.2. The van der Waals surface area contributed by atoms with Gasteiger partial charge in [-0.15, -0.1) is 11.8 Å². The molecule has 2 aliphatic heterocycles. The van der Waals surface area contributed by atoms with E-state index in [0.717, 1.165) is 19.5 Å². The Kier molecular flexibility index (Phi) is 4.78. The van der Waals surface area contributed by atoms with Gasteiger partial charge >= 0.3 is 0 Å². The van der Waals surface area contributed by atoms with Crippen LogP contribution in [0, 0.1) is 0 Å². The Morgan fingerprint density at radius 1 is 1.23 bits per heavy atom. The van der Waals surface area contributed by atoms with Crippen LogP contribution in [0.2, 0.25) is 0 Å². The predicted octanol–water partition coefficient (Wildman–Crippen LogP) is 1.92. The van der Waals surface area contributed by atoms with Gasteiger partial charge in [-0.05, 0) is 18.4 Å². The van der Waals surface area contributed by atoms with Crippen molar-refractivity contribution in [1.82, 2.24) is 4.90 Å². The highest BCUT2D eigenvalue weighted by Crippen LogP contribution is 2.29. The van der Waals surface area contributed by atoms with E-state index in [2.05, 4.69) is 12.1 Å². The van der Waals surface area contributed by atoms with Gasteiger partial charge in [0.15, 0.2) is 9.84 Å². The van der Waals surface area contributed by atoms with E-state index in [-0.39, 0.29) is 22.7 Å². The topological polar surface area (TPSA) is 54.5 Å². The molecule has 0 radical (unpaired) electrons. The minimum absolute atomic E-state index is 0.0986. The summed E-state index contributed by atoms with van der Waals surface area (Å²) in [5.41, 5.74) is 1.30. The summed E-state index contributed by atoms with van der Waals surface area (Å²) < 4.78 is 22.9. The second-order valence-electron chi connectivity index (χ2n) is 6.07. The maximum atomic E-state index is 12.3. The van der Waals surface area contributed by atoms with E-state index in [1.54, 1.807) is 0 Å². The number of amides is 1. The van der Waals surface area contributed by atoms with Gasteiger partial charge in [-0.2, -0.15) is 0 Å². The van der Waals surface area contributed by atoms with Crippen molar-refractivity contribution in [2.75, 3.05) is 30.3 Å².